The lowest BCUT2D eigenvalue weighted by atomic mass is 10.1. The summed E-state index contributed by atoms with van der Waals surface area (Å²) in [6, 6.07) is 3.72. The van der Waals surface area contributed by atoms with Gasteiger partial charge in [0.15, 0.2) is 0 Å². The van der Waals surface area contributed by atoms with Crippen LogP contribution in [0.2, 0.25) is 0 Å². The predicted octanol–water partition coefficient (Wildman–Crippen LogP) is 2.62. The number of hydrogen-bond donors (Lipinski definition) is 1. The van der Waals surface area contributed by atoms with Gasteiger partial charge in [0, 0.05) is 11.4 Å². The molecule has 1 heterocycles. The minimum absolute atomic E-state index is 0.131. The van der Waals surface area contributed by atoms with Crippen molar-refractivity contribution in [3.05, 3.63) is 28.1 Å². The average Bonchev–Trinajstić information content (AvgIpc) is 2.51. The molecule has 0 unspecified atom stereocenters. The summed E-state index contributed by atoms with van der Waals surface area (Å²) in [5, 5.41) is 17.3. The Hall–Kier alpha value is -2.00. The quantitative estimate of drug-likeness (QED) is 0.744. The first-order valence-electron chi connectivity index (χ1n) is 4.84. The first-order valence-corrected chi connectivity index (χ1v) is 4.84. The van der Waals surface area contributed by atoms with Crippen LogP contribution >= 0.6 is 0 Å². The first kappa shape index (κ1) is 11.1. The van der Waals surface area contributed by atoms with Crippen LogP contribution in [0.25, 0.3) is 6.08 Å². The van der Waals surface area contributed by atoms with Crippen molar-refractivity contribution >= 4 is 6.08 Å². The summed E-state index contributed by atoms with van der Waals surface area (Å²) in [6.07, 6.45) is 2.50. The van der Waals surface area contributed by atoms with Crippen molar-refractivity contribution in [3.63, 3.8) is 0 Å². The number of nitrogens with one attached hydrogen (secondary N) is 1. The van der Waals surface area contributed by atoms with E-state index in [1.165, 1.54) is 11.1 Å². The zero-order valence-corrected chi connectivity index (χ0v) is 9.18. The van der Waals surface area contributed by atoms with Gasteiger partial charge in [-0.25, -0.2) is 0 Å². The van der Waals surface area contributed by atoms with Crippen molar-refractivity contribution in [2.45, 2.75) is 27.2 Å². The molecule has 76 valence electrons. The van der Waals surface area contributed by atoms with Crippen LogP contribution in [0.1, 0.15) is 29.4 Å². The van der Waals surface area contributed by atoms with Gasteiger partial charge in [0.2, 0.25) is 0 Å². The highest BCUT2D eigenvalue weighted by molar-refractivity contribution is 5.63. The summed E-state index contributed by atoms with van der Waals surface area (Å²) >= 11 is 0. The number of nitrogens with zero attached hydrogens (tertiary/aromatic N) is 2. The van der Waals surface area contributed by atoms with Crippen molar-refractivity contribution in [1.29, 1.82) is 10.5 Å². The minimum atomic E-state index is 0.131. The standard InChI is InChI=1S/C12H13N3/c1-4-11-8(2)9(3)15-12(11)5-10(6-13)7-14/h5,15H,4H2,1-3H3. The van der Waals surface area contributed by atoms with E-state index in [-0.39, 0.29) is 5.57 Å². The van der Waals surface area contributed by atoms with Gasteiger partial charge in [0.1, 0.15) is 17.7 Å². The fourth-order valence-electron chi connectivity index (χ4n) is 1.61. The molecule has 0 aliphatic rings. The van der Waals surface area contributed by atoms with E-state index in [9.17, 15) is 0 Å². The Morgan fingerprint density at radius 3 is 2.40 bits per heavy atom. The molecule has 0 spiro atoms. The lowest BCUT2D eigenvalue weighted by molar-refractivity contribution is 1.11. The Morgan fingerprint density at radius 2 is 1.93 bits per heavy atom. The zero-order chi connectivity index (χ0) is 11.4. The van der Waals surface area contributed by atoms with E-state index in [2.05, 4.69) is 11.9 Å². The van der Waals surface area contributed by atoms with Crippen LogP contribution in [0.4, 0.5) is 0 Å². The van der Waals surface area contributed by atoms with Gasteiger partial charge in [0.05, 0.1) is 0 Å². The highest BCUT2D eigenvalue weighted by Gasteiger charge is 2.08. The van der Waals surface area contributed by atoms with Gasteiger partial charge in [0.25, 0.3) is 0 Å². The smallest absolute Gasteiger partial charge is 0.131 e. The normalized spacial score (nSPS) is 9.13. The van der Waals surface area contributed by atoms with Crippen LogP contribution in [0, 0.1) is 36.5 Å². The van der Waals surface area contributed by atoms with Gasteiger partial charge in [-0.1, -0.05) is 6.92 Å². The molecule has 3 heteroatoms. The van der Waals surface area contributed by atoms with Crippen molar-refractivity contribution < 1.29 is 0 Å². The van der Waals surface area contributed by atoms with E-state index in [4.69, 9.17) is 10.5 Å². The van der Waals surface area contributed by atoms with Crippen LogP contribution in [-0.4, -0.2) is 4.98 Å². The Kier molecular flexibility index (Phi) is 3.31. The number of allylic oxidation sites excluding steroid dienone is 1. The summed E-state index contributed by atoms with van der Waals surface area (Å²) in [5.74, 6) is 0. The van der Waals surface area contributed by atoms with Gasteiger partial charge in [-0.05, 0) is 37.5 Å². The second-order valence-corrected chi connectivity index (χ2v) is 3.40. The molecule has 1 N–H and O–H groups in total. The third-order valence-electron chi connectivity index (χ3n) is 2.55. The third-order valence-corrected chi connectivity index (χ3v) is 2.55. The van der Waals surface area contributed by atoms with Crippen LogP contribution in [0.15, 0.2) is 5.57 Å². The lowest BCUT2D eigenvalue weighted by Gasteiger charge is -1.96. The molecule has 0 aliphatic heterocycles. The summed E-state index contributed by atoms with van der Waals surface area (Å²) < 4.78 is 0. The maximum absolute atomic E-state index is 8.67. The third kappa shape index (κ3) is 2.08. The number of aryl methyl sites for hydroxylation is 1. The molecule has 0 saturated heterocycles. The Labute approximate surface area is 89.7 Å². The number of aromatic nitrogens is 1. The van der Waals surface area contributed by atoms with E-state index in [0.29, 0.717) is 0 Å². The van der Waals surface area contributed by atoms with E-state index < -0.39 is 0 Å². The number of nitriles is 2. The molecule has 0 radical (unpaired) electrons. The predicted molar refractivity (Wildman–Crippen MR) is 58.8 cm³/mol. The minimum Gasteiger partial charge on any atom is -0.359 e. The summed E-state index contributed by atoms with van der Waals surface area (Å²) in [5.41, 5.74) is 4.49. The number of aromatic amines is 1. The zero-order valence-electron chi connectivity index (χ0n) is 9.18. The van der Waals surface area contributed by atoms with E-state index >= 15 is 0 Å². The molecule has 0 amide bonds. The van der Waals surface area contributed by atoms with Gasteiger partial charge in [-0.2, -0.15) is 10.5 Å². The number of hydrogen-bond acceptors (Lipinski definition) is 2. The van der Waals surface area contributed by atoms with Crippen molar-refractivity contribution in [2.24, 2.45) is 0 Å². The second-order valence-electron chi connectivity index (χ2n) is 3.40. The van der Waals surface area contributed by atoms with Gasteiger partial charge in [-0.15, -0.1) is 0 Å². The first-order chi connectivity index (χ1) is 7.13. The molecule has 3 nitrogen and oxygen atoms in total. The molecular formula is C12H13N3. The van der Waals surface area contributed by atoms with Crippen LogP contribution in [0.5, 0.6) is 0 Å². The lowest BCUT2D eigenvalue weighted by Crippen LogP contribution is -1.85. The number of H-pyrrole nitrogens is 1. The fraction of sp³-hybridized carbons (Fsp3) is 0.333. The Bertz CT molecular complexity index is 462. The maximum atomic E-state index is 8.67. The highest BCUT2D eigenvalue weighted by Crippen LogP contribution is 2.20. The molecule has 1 aromatic heterocycles. The van der Waals surface area contributed by atoms with Gasteiger partial charge < -0.3 is 4.98 Å². The molecule has 0 saturated carbocycles. The van der Waals surface area contributed by atoms with Gasteiger partial charge >= 0.3 is 0 Å². The maximum Gasteiger partial charge on any atom is 0.131 e. The SMILES string of the molecule is CCc1c(C=C(C#N)C#N)[nH]c(C)c1C. The molecule has 0 fully saturated rings. The monoisotopic (exact) mass is 199 g/mol. The highest BCUT2D eigenvalue weighted by atomic mass is 14.7. The largest absolute Gasteiger partial charge is 0.359 e. The second kappa shape index (κ2) is 4.48. The molecule has 0 bridgehead atoms. The molecule has 0 atom stereocenters. The van der Waals surface area contributed by atoms with Crippen molar-refractivity contribution in [1.82, 2.24) is 4.98 Å². The van der Waals surface area contributed by atoms with Crippen molar-refractivity contribution in [3.8, 4) is 12.1 Å². The van der Waals surface area contributed by atoms with Crippen molar-refractivity contribution in [2.75, 3.05) is 0 Å². The van der Waals surface area contributed by atoms with Crippen LogP contribution in [-0.2, 0) is 6.42 Å². The van der Waals surface area contributed by atoms with E-state index in [1.807, 2.05) is 26.0 Å². The summed E-state index contributed by atoms with van der Waals surface area (Å²) in [6.45, 7) is 6.09. The molecule has 0 aromatic carbocycles. The molecule has 15 heavy (non-hydrogen) atoms. The topological polar surface area (TPSA) is 63.4 Å². The Balaban J connectivity index is 3.29. The average molecular weight is 199 g/mol. The Morgan fingerprint density at radius 1 is 1.33 bits per heavy atom. The number of rotatable bonds is 2. The van der Waals surface area contributed by atoms with E-state index in [1.54, 1.807) is 6.08 Å². The van der Waals surface area contributed by atoms with Crippen LogP contribution < -0.4 is 0 Å². The molecule has 1 rings (SSSR count). The molecule has 0 aliphatic carbocycles. The summed E-state index contributed by atoms with van der Waals surface area (Å²) in [4.78, 5) is 3.18. The fourth-order valence-corrected chi connectivity index (χ4v) is 1.61. The molecular weight excluding hydrogens is 186 g/mol. The summed E-state index contributed by atoms with van der Waals surface area (Å²) in [7, 11) is 0. The van der Waals surface area contributed by atoms with Gasteiger partial charge in [-0.3, -0.25) is 0 Å². The van der Waals surface area contributed by atoms with E-state index in [0.717, 1.165) is 17.8 Å². The van der Waals surface area contributed by atoms with Crippen LogP contribution in [0.3, 0.4) is 0 Å². The molecule has 1 aromatic rings.